The number of carbonyl (C=O) groups excluding carboxylic acids is 1. The van der Waals surface area contributed by atoms with Gasteiger partial charge < -0.3 is 10.6 Å². The second-order valence-corrected chi connectivity index (χ2v) is 6.05. The lowest BCUT2D eigenvalue weighted by atomic mass is 10.2. The van der Waals surface area contributed by atoms with Gasteiger partial charge >= 0.3 is 0 Å². The number of nitrogens with zero attached hydrogens (tertiary/aromatic N) is 6. The van der Waals surface area contributed by atoms with Crippen molar-refractivity contribution in [1.82, 2.24) is 29.9 Å². The monoisotopic (exact) mass is 374 g/mol. The Morgan fingerprint density at radius 2 is 2.11 bits per heavy atom. The van der Waals surface area contributed by atoms with Gasteiger partial charge in [-0.05, 0) is 18.2 Å². The highest BCUT2D eigenvalue weighted by Gasteiger charge is 2.19. The summed E-state index contributed by atoms with van der Waals surface area (Å²) in [5, 5.41) is 11.4. The Hall–Kier alpha value is -4.01. The molecule has 0 aliphatic rings. The summed E-state index contributed by atoms with van der Waals surface area (Å²) in [4.78, 5) is 22.5. The molecule has 3 heterocycles. The van der Waals surface area contributed by atoms with Crippen LogP contribution in [-0.2, 0) is 11.2 Å². The maximum Gasteiger partial charge on any atom is 0.250 e. The molecule has 140 valence electrons. The minimum Gasteiger partial charge on any atom is -0.382 e. The zero-order valence-corrected chi connectivity index (χ0v) is 15.0. The van der Waals surface area contributed by atoms with Crippen LogP contribution >= 0.6 is 0 Å². The summed E-state index contributed by atoms with van der Waals surface area (Å²) in [6, 6.07) is 9.43. The second-order valence-electron chi connectivity index (χ2n) is 6.05. The number of nitrogen functional groups attached to an aromatic ring is 1. The predicted octanol–water partition coefficient (Wildman–Crippen LogP) is 1.88. The predicted molar refractivity (Wildman–Crippen MR) is 106 cm³/mol. The molecule has 0 atom stereocenters. The summed E-state index contributed by atoms with van der Waals surface area (Å²) in [6.07, 6.45) is 6.54. The minimum absolute atomic E-state index is 0.182. The number of rotatable bonds is 6. The smallest absolute Gasteiger partial charge is 0.250 e. The molecule has 0 aliphatic carbocycles. The summed E-state index contributed by atoms with van der Waals surface area (Å²) < 4.78 is 1.66. The largest absolute Gasteiger partial charge is 0.382 e. The zero-order valence-electron chi connectivity index (χ0n) is 15.0. The van der Waals surface area contributed by atoms with Gasteiger partial charge in [0.05, 0.1) is 11.9 Å². The van der Waals surface area contributed by atoms with Crippen molar-refractivity contribution in [3.8, 4) is 5.69 Å². The quantitative estimate of drug-likeness (QED) is 0.498. The van der Waals surface area contributed by atoms with Gasteiger partial charge in [0.25, 0.3) is 0 Å². The first kappa shape index (κ1) is 17.4. The molecule has 4 aromatic rings. The molecule has 9 heteroatoms. The molecule has 3 aromatic heterocycles. The number of aromatic nitrogens is 6. The number of fused-ring (bicyclic) bond motifs is 1. The van der Waals surface area contributed by atoms with Crippen LogP contribution in [0, 0.1) is 0 Å². The van der Waals surface area contributed by atoms with Crippen LogP contribution in [0.2, 0.25) is 0 Å². The molecule has 9 nitrogen and oxygen atoms in total. The van der Waals surface area contributed by atoms with Gasteiger partial charge in [-0.25, -0.2) is 14.6 Å². The summed E-state index contributed by atoms with van der Waals surface area (Å²) in [6.45, 7) is 4.02. The normalized spacial score (nSPS) is 10.9. The first-order chi connectivity index (χ1) is 13.7. The van der Waals surface area contributed by atoms with Crippen LogP contribution in [0.1, 0.15) is 5.69 Å². The van der Waals surface area contributed by atoms with Gasteiger partial charge in [0, 0.05) is 24.8 Å². The summed E-state index contributed by atoms with van der Waals surface area (Å²) in [5.41, 5.74) is 9.56. The lowest BCUT2D eigenvalue weighted by Crippen LogP contribution is -2.31. The number of nitrogens with one attached hydrogen (secondary N) is 1. The number of H-pyrrole nitrogens is 1. The molecule has 0 saturated heterocycles. The number of nitrogens with two attached hydrogens (primary N) is 1. The summed E-state index contributed by atoms with van der Waals surface area (Å²) >= 11 is 0. The van der Waals surface area contributed by atoms with E-state index < -0.39 is 0 Å². The Morgan fingerprint density at radius 1 is 1.29 bits per heavy atom. The highest BCUT2D eigenvalue weighted by Crippen LogP contribution is 2.24. The van der Waals surface area contributed by atoms with Crippen molar-refractivity contribution in [2.24, 2.45) is 0 Å². The number of carbonyl (C=O) groups is 1. The van der Waals surface area contributed by atoms with Crippen molar-refractivity contribution in [2.75, 3.05) is 17.2 Å². The standard InChI is InChI=1S/C19H18N8O/c1-2-16(28)26(13-6-4-3-5-7-13)9-8-15-17-18(19(20)22-12-21-17)27(25-15)14-10-23-24-11-14/h2-7,10-12H,1,8-9H2,(H,23,24)(H2,20,21,22). The third kappa shape index (κ3) is 3.09. The van der Waals surface area contributed by atoms with Crippen molar-refractivity contribution >= 4 is 28.4 Å². The summed E-state index contributed by atoms with van der Waals surface area (Å²) in [7, 11) is 0. The highest BCUT2D eigenvalue weighted by atomic mass is 16.2. The van der Waals surface area contributed by atoms with E-state index in [1.807, 2.05) is 30.3 Å². The number of anilines is 2. The number of para-hydroxylation sites is 1. The second kappa shape index (κ2) is 7.31. The van der Waals surface area contributed by atoms with Crippen LogP contribution in [0.4, 0.5) is 11.5 Å². The van der Waals surface area contributed by atoms with Crippen LogP contribution in [0.25, 0.3) is 16.7 Å². The van der Waals surface area contributed by atoms with E-state index in [1.54, 1.807) is 22.0 Å². The molecular formula is C19H18N8O. The molecule has 4 rings (SSSR count). The van der Waals surface area contributed by atoms with Crippen molar-refractivity contribution in [3.05, 3.63) is 67.4 Å². The van der Waals surface area contributed by atoms with Gasteiger partial charge in [0.2, 0.25) is 5.91 Å². The summed E-state index contributed by atoms with van der Waals surface area (Å²) in [5.74, 6) is 0.144. The minimum atomic E-state index is -0.182. The van der Waals surface area contributed by atoms with Crippen LogP contribution in [0.15, 0.2) is 61.7 Å². The lowest BCUT2D eigenvalue weighted by Gasteiger charge is -2.20. The molecule has 0 saturated carbocycles. The van der Waals surface area contributed by atoms with E-state index >= 15 is 0 Å². The molecular weight excluding hydrogens is 356 g/mol. The Kier molecular flexibility index (Phi) is 4.55. The molecule has 1 amide bonds. The number of amides is 1. The van der Waals surface area contributed by atoms with Gasteiger partial charge in [0.1, 0.15) is 23.0 Å². The first-order valence-electron chi connectivity index (χ1n) is 8.65. The molecule has 0 unspecified atom stereocenters. The highest BCUT2D eigenvalue weighted by molar-refractivity contribution is 6.01. The fourth-order valence-electron chi connectivity index (χ4n) is 3.05. The number of hydrogen-bond donors (Lipinski definition) is 2. The number of benzene rings is 1. The molecule has 1 aromatic carbocycles. The van der Waals surface area contributed by atoms with Crippen LogP contribution in [0.5, 0.6) is 0 Å². The molecule has 0 radical (unpaired) electrons. The van der Waals surface area contributed by atoms with Crippen LogP contribution in [0.3, 0.4) is 0 Å². The van der Waals surface area contributed by atoms with E-state index in [9.17, 15) is 4.79 Å². The molecule has 0 fully saturated rings. The molecule has 0 aliphatic heterocycles. The van der Waals surface area contributed by atoms with E-state index in [1.165, 1.54) is 12.4 Å². The Bertz CT molecular complexity index is 1120. The Morgan fingerprint density at radius 3 is 2.82 bits per heavy atom. The average molecular weight is 374 g/mol. The van der Waals surface area contributed by atoms with Crippen molar-refractivity contribution in [3.63, 3.8) is 0 Å². The fraction of sp³-hybridized carbons (Fsp3) is 0.105. The molecule has 0 spiro atoms. The average Bonchev–Trinajstić information content (AvgIpc) is 3.37. The molecule has 0 bridgehead atoms. The van der Waals surface area contributed by atoms with E-state index in [-0.39, 0.29) is 5.91 Å². The maximum absolute atomic E-state index is 12.4. The van der Waals surface area contributed by atoms with Gasteiger partial charge in [-0.1, -0.05) is 24.8 Å². The van der Waals surface area contributed by atoms with Crippen molar-refractivity contribution in [2.45, 2.75) is 6.42 Å². The third-order valence-electron chi connectivity index (χ3n) is 4.37. The Balaban J connectivity index is 1.71. The zero-order chi connectivity index (χ0) is 19.5. The van der Waals surface area contributed by atoms with E-state index in [4.69, 9.17) is 5.73 Å². The number of hydrogen-bond acceptors (Lipinski definition) is 6. The van der Waals surface area contributed by atoms with Gasteiger partial charge in [-0.3, -0.25) is 9.89 Å². The van der Waals surface area contributed by atoms with Crippen LogP contribution < -0.4 is 10.6 Å². The lowest BCUT2D eigenvalue weighted by molar-refractivity contribution is -0.114. The van der Waals surface area contributed by atoms with Gasteiger partial charge in [-0.2, -0.15) is 10.2 Å². The first-order valence-corrected chi connectivity index (χ1v) is 8.65. The molecule has 28 heavy (non-hydrogen) atoms. The van der Waals surface area contributed by atoms with Crippen molar-refractivity contribution < 1.29 is 4.79 Å². The van der Waals surface area contributed by atoms with Gasteiger partial charge in [0.15, 0.2) is 5.82 Å². The Labute approximate surface area is 160 Å². The van der Waals surface area contributed by atoms with Crippen LogP contribution in [-0.4, -0.2) is 42.4 Å². The third-order valence-corrected chi connectivity index (χ3v) is 4.37. The topological polar surface area (TPSA) is 119 Å². The van der Waals surface area contributed by atoms with E-state index in [0.717, 1.165) is 11.4 Å². The maximum atomic E-state index is 12.4. The van der Waals surface area contributed by atoms with Crippen molar-refractivity contribution in [1.29, 1.82) is 0 Å². The fourth-order valence-corrected chi connectivity index (χ4v) is 3.05. The number of aromatic amines is 1. The van der Waals surface area contributed by atoms with Gasteiger partial charge in [-0.15, -0.1) is 0 Å². The van der Waals surface area contributed by atoms with E-state index in [0.29, 0.717) is 35.5 Å². The molecule has 3 N–H and O–H groups in total. The SMILES string of the molecule is C=CC(=O)N(CCc1nn(-c2cn[nH]c2)c2c(N)ncnc12)c1ccccc1. The van der Waals surface area contributed by atoms with E-state index in [2.05, 4.69) is 31.8 Å².